The quantitative estimate of drug-likeness (QED) is 0.488. The van der Waals surface area contributed by atoms with Crippen molar-refractivity contribution in [1.29, 1.82) is 0 Å². The maximum atomic E-state index is 13.2. The summed E-state index contributed by atoms with van der Waals surface area (Å²) in [4.78, 5) is 31.4. The van der Waals surface area contributed by atoms with E-state index in [0.717, 1.165) is 33.2 Å². The van der Waals surface area contributed by atoms with Crippen molar-refractivity contribution >= 4 is 23.2 Å². The largest absolute Gasteiger partial charge is 0.489 e. The number of carboxylic acid groups (broad SMARTS) is 1. The summed E-state index contributed by atoms with van der Waals surface area (Å²) in [6.07, 6.45) is 3.59. The number of rotatable bonds is 9. The first kappa shape index (κ1) is 23.0. The molecule has 2 heterocycles. The van der Waals surface area contributed by atoms with Gasteiger partial charge in [0.25, 0.3) is 0 Å². The molecule has 1 amide bonds. The average molecular weight is 465 g/mol. The van der Waals surface area contributed by atoms with E-state index < -0.39 is 5.97 Å². The van der Waals surface area contributed by atoms with Crippen LogP contribution in [-0.2, 0) is 29.0 Å². The maximum absolute atomic E-state index is 13.2. The molecule has 0 radical (unpaired) electrons. The van der Waals surface area contributed by atoms with Gasteiger partial charge in [-0.2, -0.15) is 0 Å². The number of nitrogens with zero attached hydrogens (tertiary/aromatic N) is 2. The molecule has 3 aromatic rings. The molecule has 0 bridgehead atoms. The van der Waals surface area contributed by atoms with Crippen LogP contribution in [-0.4, -0.2) is 33.4 Å². The monoisotopic (exact) mass is 464 g/mol. The molecule has 1 saturated heterocycles. The second kappa shape index (κ2) is 10.6. The number of thiazole rings is 1. The van der Waals surface area contributed by atoms with Gasteiger partial charge < -0.3 is 14.7 Å². The van der Waals surface area contributed by atoms with Crippen LogP contribution in [0.4, 0.5) is 0 Å². The summed E-state index contributed by atoms with van der Waals surface area (Å²) in [5, 5.41) is 9.81. The third-order valence-electron chi connectivity index (χ3n) is 5.96. The number of hydrogen-bond donors (Lipinski definition) is 1. The van der Waals surface area contributed by atoms with E-state index in [1.807, 2.05) is 59.5 Å². The fourth-order valence-corrected chi connectivity index (χ4v) is 5.29. The van der Waals surface area contributed by atoms with Crippen molar-refractivity contribution in [2.45, 2.75) is 45.3 Å². The summed E-state index contributed by atoms with van der Waals surface area (Å²) in [5.41, 5.74) is 2.06. The SMILES string of the molecule is CC1CCN(C(=O)Cc2ccc(OCc3ccccc3)cc2)C1c1ncc(CCC(=O)O)s1. The Morgan fingerprint density at radius 3 is 2.61 bits per heavy atom. The van der Waals surface area contributed by atoms with Crippen LogP contribution in [0.3, 0.4) is 0 Å². The Morgan fingerprint density at radius 1 is 1.12 bits per heavy atom. The van der Waals surface area contributed by atoms with Gasteiger partial charge in [0.2, 0.25) is 5.91 Å². The molecule has 172 valence electrons. The van der Waals surface area contributed by atoms with Crippen LogP contribution >= 0.6 is 11.3 Å². The van der Waals surface area contributed by atoms with Crippen molar-refractivity contribution in [2.75, 3.05) is 6.54 Å². The average Bonchev–Trinajstić information content (AvgIpc) is 3.44. The summed E-state index contributed by atoms with van der Waals surface area (Å²) in [7, 11) is 0. The summed E-state index contributed by atoms with van der Waals surface area (Å²) < 4.78 is 5.84. The van der Waals surface area contributed by atoms with Crippen LogP contribution in [0.25, 0.3) is 0 Å². The minimum Gasteiger partial charge on any atom is -0.489 e. The molecule has 1 fully saturated rings. The Morgan fingerprint density at radius 2 is 1.88 bits per heavy atom. The number of likely N-dealkylation sites (tertiary alicyclic amines) is 1. The molecule has 2 atom stereocenters. The first-order valence-electron chi connectivity index (χ1n) is 11.2. The van der Waals surface area contributed by atoms with Crippen LogP contribution in [0.1, 0.15) is 46.8 Å². The predicted octanol–water partition coefficient (Wildman–Crippen LogP) is 4.89. The van der Waals surface area contributed by atoms with Crippen molar-refractivity contribution in [3.05, 3.63) is 81.8 Å². The number of hydrogen-bond acceptors (Lipinski definition) is 5. The number of amides is 1. The van der Waals surface area contributed by atoms with Crippen molar-refractivity contribution in [3.8, 4) is 5.75 Å². The molecule has 7 heteroatoms. The predicted molar refractivity (Wildman–Crippen MR) is 127 cm³/mol. The molecule has 0 aliphatic carbocycles. The highest BCUT2D eigenvalue weighted by Crippen LogP contribution is 2.39. The second-order valence-electron chi connectivity index (χ2n) is 8.45. The summed E-state index contributed by atoms with van der Waals surface area (Å²) in [6.45, 7) is 3.37. The third-order valence-corrected chi connectivity index (χ3v) is 7.08. The normalized spacial score (nSPS) is 17.8. The first-order valence-corrected chi connectivity index (χ1v) is 12.0. The van der Waals surface area contributed by atoms with E-state index >= 15 is 0 Å². The lowest BCUT2D eigenvalue weighted by Crippen LogP contribution is -2.33. The number of carboxylic acids is 1. The molecular formula is C26H28N2O4S. The molecule has 1 N–H and O–H groups in total. The first-order chi connectivity index (χ1) is 16.0. The topological polar surface area (TPSA) is 79.7 Å². The maximum Gasteiger partial charge on any atom is 0.303 e. The molecule has 0 spiro atoms. The zero-order valence-electron chi connectivity index (χ0n) is 18.6. The molecule has 0 saturated carbocycles. The number of carbonyl (C=O) groups excluding carboxylic acids is 1. The Kier molecular flexibility index (Phi) is 7.40. The van der Waals surface area contributed by atoms with E-state index in [9.17, 15) is 9.59 Å². The van der Waals surface area contributed by atoms with Gasteiger partial charge in [0.15, 0.2) is 0 Å². The summed E-state index contributed by atoms with van der Waals surface area (Å²) in [5.74, 6) is 0.373. The third kappa shape index (κ3) is 5.99. The van der Waals surface area contributed by atoms with Crippen LogP contribution in [0.15, 0.2) is 60.8 Å². The number of carbonyl (C=O) groups is 2. The smallest absolute Gasteiger partial charge is 0.303 e. The van der Waals surface area contributed by atoms with Gasteiger partial charge in [0, 0.05) is 17.6 Å². The van der Waals surface area contributed by atoms with E-state index in [0.29, 0.717) is 31.9 Å². The van der Waals surface area contributed by atoms with E-state index in [1.165, 1.54) is 11.3 Å². The summed E-state index contributed by atoms with van der Waals surface area (Å²) >= 11 is 1.52. The number of aliphatic carboxylic acids is 1. The minimum atomic E-state index is -0.813. The van der Waals surface area contributed by atoms with Gasteiger partial charge in [0.1, 0.15) is 17.4 Å². The van der Waals surface area contributed by atoms with E-state index in [-0.39, 0.29) is 18.4 Å². The Labute approximate surface area is 197 Å². The van der Waals surface area contributed by atoms with E-state index in [4.69, 9.17) is 9.84 Å². The Bertz CT molecular complexity index is 1080. The standard InChI is InChI=1S/C26H28N2O4S/c1-18-13-14-28(25(18)26-27-16-22(33-26)11-12-24(30)31)23(29)15-19-7-9-21(10-8-19)32-17-20-5-3-2-4-6-20/h2-10,16,18,25H,11-15,17H2,1H3,(H,30,31). The van der Waals surface area contributed by atoms with Crippen LogP contribution in [0, 0.1) is 5.92 Å². The molecule has 1 aliphatic rings. The fraction of sp³-hybridized carbons (Fsp3) is 0.346. The lowest BCUT2D eigenvalue weighted by atomic mass is 10.0. The molecule has 1 aromatic heterocycles. The van der Waals surface area contributed by atoms with Crippen molar-refractivity contribution in [1.82, 2.24) is 9.88 Å². The van der Waals surface area contributed by atoms with Gasteiger partial charge >= 0.3 is 5.97 Å². The van der Waals surface area contributed by atoms with Gasteiger partial charge in [-0.05, 0) is 42.0 Å². The molecule has 1 aliphatic heterocycles. The molecule has 6 nitrogen and oxygen atoms in total. The zero-order chi connectivity index (χ0) is 23.2. The highest BCUT2D eigenvalue weighted by Gasteiger charge is 2.37. The number of aromatic nitrogens is 1. The van der Waals surface area contributed by atoms with Gasteiger partial charge in [-0.1, -0.05) is 49.4 Å². The highest BCUT2D eigenvalue weighted by molar-refractivity contribution is 7.11. The summed E-state index contributed by atoms with van der Waals surface area (Å²) in [6, 6.07) is 17.7. The van der Waals surface area contributed by atoms with E-state index in [1.54, 1.807) is 6.20 Å². The van der Waals surface area contributed by atoms with Gasteiger partial charge in [-0.15, -0.1) is 11.3 Å². The second-order valence-corrected chi connectivity index (χ2v) is 9.60. The lowest BCUT2D eigenvalue weighted by molar-refractivity contribution is -0.137. The Balaban J connectivity index is 1.36. The molecule has 2 unspecified atom stereocenters. The lowest BCUT2D eigenvalue weighted by Gasteiger charge is -2.25. The number of benzene rings is 2. The molecule has 2 aromatic carbocycles. The van der Waals surface area contributed by atoms with Gasteiger partial charge in [-0.25, -0.2) is 4.98 Å². The highest BCUT2D eigenvalue weighted by atomic mass is 32.1. The fourth-order valence-electron chi connectivity index (χ4n) is 4.13. The molecular weight excluding hydrogens is 436 g/mol. The number of ether oxygens (including phenoxy) is 1. The molecule has 4 rings (SSSR count). The van der Waals surface area contributed by atoms with Crippen molar-refractivity contribution in [2.24, 2.45) is 5.92 Å². The van der Waals surface area contributed by atoms with Gasteiger partial charge in [-0.3, -0.25) is 9.59 Å². The van der Waals surface area contributed by atoms with Crippen molar-refractivity contribution in [3.63, 3.8) is 0 Å². The van der Waals surface area contributed by atoms with Crippen LogP contribution in [0.2, 0.25) is 0 Å². The van der Waals surface area contributed by atoms with Crippen LogP contribution in [0.5, 0.6) is 5.75 Å². The Hall–Kier alpha value is -3.19. The van der Waals surface area contributed by atoms with Crippen molar-refractivity contribution < 1.29 is 19.4 Å². The minimum absolute atomic E-state index is 0.0467. The zero-order valence-corrected chi connectivity index (χ0v) is 19.5. The van der Waals surface area contributed by atoms with Crippen LogP contribution < -0.4 is 4.74 Å². The molecule has 33 heavy (non-hydrogen) atoms. The van der Waals surface area contributed by atoms with Gasteiger partial charge in [0.05, 0.1) is 18.9 Å². The number of aryl methyl sites for hydroxylation is 1. The van der Waals surface area contributed by atoms with E-state index in [2.05, 4.69) is 11.9 Å².